The summed E-state index contributed by atoms with van der Waals surface area (Å²) >= 11 is 0. The molecule has 2 aliphatic heterocycles. The van der Waals surface area contributed by atoms with Crippen LogP contribution >= 0.6 is 0 Å². The second-order valence-electron chi connectivity index (χ2n) is 11.2. The topological polar surface area (TPSA) is 73.7 Å². The van der Waals surface area contributed by atoms with Gasteiger partial charge in [0.1, 0.15) is 12.4 Å². The van der Waals surface area contributed by atoms with Crippen LogP contribution < -0.4 is 10.3 Å². The van der Waals surface area contributed by atoms with Crippen LogP contribution in [-0.2, 0) is 17.9 Å². The van der Waals surface area contributed by atoms with Gasteiger partial charge in [-0.25, -0.2) is 0 Å². The molecule has 1 atom stereocenters. The lowest BCUT2D eigenvalue weighted by Gasteiger charge is -2.41. The predicted molar refractivity (Wildman–Crippen MR) is 153 cm³/mol. The van der Waals surface area contributed by atoms with E-state index in [1.54, 1.807) is 0 Å². The number of aromatic nitrogens is 2. The van der Waals surface area contributed by atoms with E-state index in [1.807, 2.05) is 39.8 Å². The van der Waals surface area contributed by atoms with E-state index >= 15 is 0 Å². The summed E-state index contributed by atoms with van der Waals surface area (Å²) in [5.74, 6) is 0.818. The minimum absolute atomic E-state index is 0.0265. The molecule has 7 rings (SSSR count). The van der Waals surface area contributed by atoms with Crippen LogP contribution in [0.2, 0.25) is 0 Å². The summed E-state index contributed by atoms with van der Waals surface area (Å²) in [6, 6.07) is 24.5. The fraction of sp³-hybridized carbons (Fsp3) is 0.364. The van der Waals surface area contributed by atoms with E-state index in [0.717, 1.165) is 31.2 Å². The molecule has 1 amide bonds. The van der Waals surface area contributed by atoms with Gasteiger partial charge in [-0.2, -0.15) is 4.98 Å². The van der Waals surface area contributed by atoms with Crippen LogP contribution in [0.1, 0.15) is 59.0 Å². The van der Waals surface area contributed by atoms with E-state index in [1.165, 1.54) is 16.3 Å². The van der Waals surface area contributed by atoms with E-state index in [0.29, 0.717) is 43.7 Å². The number of carbonyl (C=O) groups is 1. The van der Waals surface area contributed by atoms with Crippen LogP contribution in [0.4, 0.5) is 0 Å². The third-order valence-electron chi connectivity index (χ3n) is 8.79. The molecule has 3 heterocycles. The normalized spacial score (nSPS) is 18.5. The Morgan fingerprint density at radius 3 is 2.42 bits per heavy atom. The number of hydrogen-bond acceptors (Lipinski definition) is 5. The average Bonchev–Trinajstić information content (AvgIpc) is 3.49. The SMILES string of the molecule is O=C1c2c(OCc3ccccc3)c(=O)nc(C(c3cccc4ccccc34)C3CCCC3)n2CCN1C1COC1. The molecule has 0 N–H and O–H groups in total. The van der Waals surface area contributed by atoms with E-state index in [-0.39, 0.29) is 30.2 Å². The number of hydrogen-bond donors (Lipinski definition) is 0. The molecule has 2 fully saturated rings. The number of ether oxygens (including phenoxy) is 2. The fourth-order valence-electron chi connectivity index (χ4n) is 6.70. The number of amides is 1. The van der Waals surface area contributed by atoms with Gasteiger partial charge in [0.2, 0.25) is 5.75 Å². The summed E-state index contributed by atoms with van der Waals surface area (Å²) in [5.41, 5.74) is 1.96. The molecule has 4 aromatic rings. The molecule has 0 bridgehead atoms. The highest BCUT2D eigenvalue weighted by Gasteiger charge is 2.40. The first-order chi connectivity index (χ1) is 19.7. The van der Waals surface area contributed by atoms with Crippen molar-refractivity contribution in [3.8, 4) is 5.75 Å². The zero-order chi connectivity index (χ0) is 27.1. The van der Waals surface area contributed by atoms with Crippen molar-refractivity contribution in [2.75, 3.05) is 19.8 Å². The van der Waals surface area contributed by atoms with Crippen molar-refractivity contribution in [1.82, 2.24) is 14.5 Å². The lowest BCUT2D eigenvalue weighted by atomic mass is 9.81. The number of rotatable bonds is 7. The van der Waals surface area contributed by atoms with Gasteiger partial charge in [0, 0.05) is 19.0 Å². The van der Waals surface area contributed by atoms with Crippen molar-refractivity contribution in [2.45, 2.75) is 50.8 Å². The van der Waals surface area contributed by atoms with Gasteiger partial charge in [0.15, 0.2) is 5.69 Å². The van der Waals surface area contributed by atoms with Crippen molar-refractivity contribution in [3.63, 3.8) is 0 Å². The lowest BCUT2D eigenvalue weighted by Crippen LogP contribution is -2.56. The molecule has 1 aromatic heterocycles. The summed E-state index contributed by atoms with van der Waals surface area (Å²) in [5, 5.41) is 2.34. The van der Waals surface area contributed by atoms with Crippen LogP contribution in [0.25, 0.3) is 10.8 Å². The summed E-state index contributed by atoms with van der Waals surface area (Å²) in [6.45, 7) is 2.36. The second-order valence-corrected chi connectivity index (χ2v) is 11.2. The molecular weight excluding hydrogens is 502 g/mol. The Morgan fingerprint density at radius 2 is 1.65 bits per heavy atom. The van der Waals surface area contributed by atoms with Crippen molar-refractivity contribution in [2.24, 2.45) is 5.92 Å². The molecule has 1 saturated carbocycles. The van der Waals surface area contributed by atoms with Gasteiger partial charge >= 0.3 is 5.56 Å². The molecule has 40 heavy (non-hydrogen) atoms. The van der Waals surface area contributed by atoms with E-state index < -0.39 is 5.56 Å². The first-order valence-electron chi connectivity index (χ1n) is 14.4. The minimum Gasteiger partial charge on any atom is -0.481 e. The van der Waals surface area contributed by atoms with Gasteiger partial charge < -0.3 is 18.9 Å². The maximum atomic E-state index is 14.1. The highest BCUT2D eigenvalue weighted by molar-refractivity contribution is 5.96. The quantitative estimate of drug-likeness (QED) is 0.327. The monoisotopic (exact) mass is 535 g/mol. The Morgan fingerprint density at radius 1 is 0.900 bits per heavy atom. The third-order valence-corrected chi connectivity index (χ3v) is 8.79. The number of fused-ring (bicyclic) bond motifs is 2. The Balaban J connectivity index is 1.40. The molecule has 204 valence electrons. The summed E-state index contributed by atoms with van der Waals surface area (Å²) in [7, 11) is 0. The Labute approximate surface area is 233 Å². The standard InChI is InChI=1S/C33H33N3O4/c37-32-30(40-19-22-9-2-1-3-10-22)29-33(38)35(25-20-39-21-25)17-18-36(29)31(34-32)28(24-12-4-5-13-24)27-16-8-14-23-11-6-7-15-26(23)27/h1-3,6-11,14-16,24-25,28H,4-5,12-13,17-21H2. The molecule has 0 spiro atoms. The molecule has 0 radical (unpaired) electrons. The molecule has 3 aliphatic rings. The molecule has 3 aromatic carbocycles. The predicted octanol–water partition coefficient (Wildman–Crippen LogP) is 5.15. The highest BCUT2D eigenvalue weighted by Crippen LogP contribution is 2.44. The first-order valence-corrected chi connectivity index (χ1v) is 14.4. The lowest BCUT2D eigenvalue weighted by molar-refractivity contribution is -0.0576. The van der Waals surface area contributed by atoms with Crippen LogP contribution in [0.3, 0.4) is 0 Å². The van der Waals surface area contributed by atoms with Gasteiger partial charge in [-0.05, 0) is 40.7 Å². The Bertz CT molecular complexity index is 1600. The summed E-state index contributed by atoms with van der Waals surface area (Å²) < 4.78 is 13.5. The van der Waals surface area contributed by atoms with E-state index in [2.05, 4.69) is 42.5 Å². The van der Waals surface area contributed by atoms with Gasteiger partial charge in [0.05, 0.1) is 19.3 Å². The molecule has 7 heteroatoms. The summed E-state index contributed by atoms with van der Waals surface area (Å²) in [4.78, 5) is 34.5. The number of nitrogens with zero attached hydrogens (tertiary/aromatic N) is 3. The van der Waals surface area contributed by atoms with Crippen molar-refractivity contribution >= 4 is 16.7 Å². The van der Waals surface area contributed by atoms with Crippen molar-refractivity contribution in [3.05, 3.63) is 106 Å². The highest BCUT2D eigenvalue weighted by atomic mass is 16.5. The zero-order valence-electron chi connectivity index (χ0n) is 22.5. The molecule has 7 nitrogen and oxygen atoms in total. The van der Waals surface area contributed by atoms with Gasteiger partial charge in [0.25, 0.3) is 5.91 Å². The van der Waals surface area contributed by atoms with Crippen LogP contribution in [0, 0.1) is 5.92 Å². The molecular formula is C33H33N3O4. The fourth-order valence-corrected chi connectivity index (χ4v) is 6.70. The van der Waals surface area contributed by atoms with E-state index in [4.69, 9.17) is 14.5 Å². The Hall–Kier alpha value is -3.97. The van der Waals surface area contributed by atoms with Gasteiger partial charge in [-0.15, -0.1) is 0 Å². The third kappa shape index (κ3) is 4.38. The van der Waals surface area contributed by atoms with E-state index in [9.17, 15) is 9.59 Å². The second kappa shape index (κ2) is 10.5. The zero-order valence-corrected chi connectivity index (χ0v) is 22.5. The largest absolute Gasteiger partial charge is 0.481 e. The maximum Gasteiger partial charge on any atom is 0.316 e. The summed E-state index contributed by atoms with van der Waals surface area (Å²) in [6.07, 6.45) is 4.47. The molecule has 1 saturated heterocycles. The van der Waals surface area contributed by atoms with Crippen LogP contribution in [0.15, 0.2) is 77.6 Å². The van der Waals surface area contributed by atoms with Crippen LogP contribution in [0.5, 0.6) is 5.75 Å². The Kier molecular flexibility index (Phi) is 6.60. The van der Waals surface area contributed by atoms with Crippen molar-refractivity contribution < 1.29 is 14.3 Å². The van der Waals surface area contributed by atoms with Gasteiger partial charge in [-0.1, -0.05) is 85.6 Å². The number of carbonyl (C=O) groups excluding carboxylic acids is 1. The molecule has 1 unspecified atom stereocenters. The smallest absolute Gasteiger partial charge is 0.316 e. The average molecular weight is 536 g/mol. The van der Waals surface area contributed by atoms with Gasteiger partial charge in [-0.3, -0.25) is 9.59 Å². The number of benzene rings is 3. The first kappa shape index (κ1) is 25.0. The van der Waals surface area contributed by atoms with Crippen molar-refractivity contribution in [1.29, 1.82) is 0 Å². The van der Waals surface area contributed by atoms with Crippen LogP contribution in [-0.4, -0.2) is 46.2 Å². The molecule has 1 aliphatic carbocycles. The maximum absolute atomic E-state index is 14.1. The minimum atomic E-state index is -0.472.